The Kier molecular flexibility index (Phi) is 4.62. The molecule has 2 N–H and O–H groups in total. The molecular formula is C15H21NO4. The maximum Gasteiger partial charge on any atom is 0.328 e. The van der Waals surface area contributed by atoms with Crippen LogP contribution in [0.15, 0.2) is 18.2 Å². The van der Waals surface area contributed by atoms with Gasteiger partial charge in [0.25, 0.3) is 0 Å². The second kappa shape index (κ2) is 6.24. The van der Waals surface area contributed by atoms with Gasteiger partial charge in [0.15, 0.2) is 0 Å². The van der Waals surface area contributed by atoms with Crippen LogP contribution in [0.2, 0.25) is 0 Å². The zero-order valence-electron chi connectivity index (χ0n) is 11.9. The third-order valence-electron chi connectivity index (χ3n) is 3.59. The van der Waals surface area contributed by atoms with Crippen LogP contribution in [0.5, 0.6) is 5.75 Å². The summed E-state index contributed by atoms with van der Waals surface area (Å²) in [6.45, 7) is 2.79. The van der Waals surface area contributed by atoms with Gasteiger partial charge in [-0.3, -0.25) is 4.90 Å². The number of hydrogen-bond donors (Lipinski definition) is 2. The number of unbranched alkanes of at least 4 members (excludes halogenated alkanes) is 1. The van der Waals surface area contributed by atoms with E-state index in [0.29, 0.717) is 24.3 Å². The number of nitrogens with zero attached hydrogens (tertiary/aromatic N) is 1. The number of likely N-dealkylation sites (N-methyl/N-ethyl adjacent to an activating group) is 1. The van der Waals surface area contributed by atoms with Gasteiger partial charge >= 0.3 is 5.97 Å². The Morgan fingerprint density at radius 1 is 1.45 bits per heavy atom. The summed E-state index contributed by atoms with van der Waals surface area (Å²) in [5.74, 6) is -0.217. The molecule has 0 amide bonds. The molecule has 2 rings (SSSR count). The van der Waals surface area contributed by atoms with Crippen molar-refractivity contribution in [1.29, 1.82) is 0 Å². The van der Waals surface area contributed by atoms with Gasteiger partial charge in [-0.15, -0.1) is 0 Å². The first kappa shape index (κ1) is 14.8. The molecule has 0 radical (unpaired) electrons. The van der Waals surface area contributed by atoms with Gasteiger partial charge in [-0.2, -0.15) is 0 Å². The number of carbonyl (C=O) groups is 1. The van der Waals surface area contributed by atoms with Crippen LogP contribution in [0.3, 0.4) is 0 Å². The molecule has 0 saturated heterocycles. The van der Waals surface area contributed by atoms with E-state index in [-0.39, 0.29) is 11.7 Å². The lowest BCUT2D eigenvalue weighted by Crippen LogP contribution is -2.40. The third-order valence-corrected chi connectivity index (χ3v) is 3.59. The first-order chi connectivity index (χ1) is 9.54. The molecule has 0 aromatic heterocycles. The van der Waals surface area contributed by atoms with Crippen LogP contribution >= 0.6 is 0 Å². The smallest absolute Gasteiger partial charge is 0.328 e. The first-order valence-electron chi connectivity index (χ1n) is 6.92. The van der Waals surface area contributed by atoms with Crippen LogP contribution in [0, 0.1) is 0 Å². The van der Waals surface area contributed by atoms with Crippen molar-refractivity contribution in [2.45, 2.75) is 31.9 Å². The van der Waals surface area contributed by atoms with Gasteiger partial charge in [-0.25, -0.2) is 4.79 Å². The van der Waals surface area contributed by atoms with E-state index >= 15 is 0 Å². The highest BCUT2D eigenvalue weighted by Gasteiger charge is 2.35. The minimum Gasteiger partial charge on any atom is -0.508 e. The Hall–Kier alpha value is -1.59. The molecule has 0 aliphatic carbocycles. The number of hydrogen-bond acceptors (Lipinski definition) is 5. The van der Waals surface area contributed by atoms with Crippen molar-refractivity contribution >= 4 is 5.97 Å². The van der Waals surface area contributed by atoms with Crippen molar-refractivity contribution in [3.8, 4) is 5.75 Å². The van der Waals surface area contributed by atoms with Crippen molar-refractivity contribution in [1.82, 2.24) is 4.90 Å². The lowest BCUT2D eigenvalue weighted by Gasteiger charge is -2.35. The summed E-state index contributed by atoms with van der Waals surface area (Å²) >= 11 is 0. The van der Waals surface area contributed by atoms with E-state index in [9.17, 15) is 15.0 Å². The van der Waals surface area contributed by atoms with E-state index < -0.39 is 12.1 Å². The summed E-state index contributed by atoms with van der Waals surface area (Å²) in [5, 5.41) is 19.6. The van der Waals surface area contributed by atoms with Crippen molar-refractivity contribution < 1.29 is 19.7 Å². The monoisotopic (exact) mass is 279 g/mol. The molecule has 1 aliphatic heterocycles. The lowest BCUT2D eigenvalue weighted by atomic mass is 9.91. The van der Waals surface area contributed by atoms with Crippen LogP contribution in [-0.2, 0) is 9.53 Å². The SMILES string of the molecule is CCCCOC(=O)[C@@H]1c2ccc(O)cc2[C@@H](O)CN1C. The zero-order valence-corrected chi connectivity index (χ0v) is 11.9. The number of aliphatic hydroxyl groups is 1. The third kappa shape index (κ3) is 2.94. The molecule has 1 aliphatic rings. The number of β-amino-alcohol motifs (C(OH)–C–C–N with tert-alkyl or cyclic N) is 1. The number of carbonyl (C=O) groups excluding carboxylic acids is 1. The van der Waals surface area contributed by atoms with Crippen LogP contribution in [0.25, 0.3) is 0 Å². The number of phenols is 1. The van der Waals surface area contributed by atoms with E-state index in [4.69, 9.17) is 4.74 Å². The molecule has 110 valence electrons. The summed E-state index contributed by atoms with van der Waals surface area (Å²) in [6.07, 6.45) is 1.10. The number of benzene rings is 1. The summed E-state index contributed by atoms with van der Waals surface area (Å²) in [7, 11) is 1.78. The molecule has 0 fully saturated rings. The first-order valence-corrected chi connectivity index (χ1v) is 6.92. The molecule has 0 bridgehead atoms. The summed E-state index contributed by atoms with van der Waals surface area (Å²) in [6, 6.07) is 4.19. The normalized spacial score (nSPS) is 22.4. The number of ether oxygens (including phenoxy) is 1. The molecule has 1 aromatic carbocycles. The second-order valence-electron chi connectivity index (χ2n) is 5.19. The lowest BCUT2D eigenvalue weighted by molar-refractivity contribution is -0.151. The minimum absolute atomic E-state index is 0.0884. The molecule has 0 unspecified atom stereocenters. The van der Waals surface area contributed by atoms with Crippen LogP contribution in [0.1, 0.15) is 43.0 Å². The van der Waals surface area contributed by atoms with Gasteiger partial charge in [-0.1, -0.05) is 19.4 Å². The number of aromatic hydroxyl groups is 1. The number of aliphatic hydroxyl groups excluding tert-OH is 1. The van der Waals surface area contributed by atoms with Gasteiger partial charge in [0, 0.05) is 6.54 Å². The maximum atomic E-state index is 12.2. The molecule has 1 heterocycles. The standard InChI is InChI=1S/C15H21NO4/c1-3-4-7-20-15(19)14-11-6-5-10(17)8-12(11)13(18)9-16(14)2/h5-6,8,13-14,17-18H,3-4,7,9H2,1-2H3/t13-,14-/m0/s1. The molecular weight excluding hydrogens is 258 g/mol. The van der Waals surface area contributed by atoms with Gasteiger partial charge in [0.2, 0.25) is 0 Å². The average molecular weight is 279 g/mol. The quantitative estimate of drug-likeness (QED) is 0.649. The van der Waals surface area contributed by atoms with Gasteiger partial charge < -0.3 is 14.9 Å². The van der Waals surface area contributed by atoms with Crippen molar-refractivity contribution in [2.24, 2.45) is 0 Å². The van der Waals surface area contributed by atoms with E-state index in [0.717, 1.165) is 12.8 Å². The Bertz CT molecular complexity index is 489. The fourth-order valence-electron chi connectivity index (χ4n) is 2.52. The van der Waals surface area contributed by atoms with E-state index in [1.54, 1.807) is 18.0 Å². The fourth-order valence-corrected chi connectivity index (χ4v) is 2.52. The average Bonchev–Trinajstić information content (AvgIpc) is 2.40. The molecule has 20 heavy (non-hydrogen) atoms. The van der Waals surface area contributed by atoms with Crippen molar-refractivity contribution in [3.05, 3.63) is 29.3 Å². The van der Waals surface area contributed by atoms with Crippen LogP contribution in [-0.4, -0.2) is 41.3 Å². The minimum atomic E-state index is -0.707. The van der Waals surface area contributed by atoms with Gasteiger partial charge in [0.05, 0.1) is 12.7 Å². The largest absolute Gasteiger partial charge is 0.508 e. The highest BCUT2D eigenvalue weighted by Crippen LogP contribution is 2.36. The Morgan fingerprint density at radius 2 is 2.20 bits per heavy atom. The number of phenolic OH excluding ortho intramolecular Hbond substituents is 1. The molecule has 1 aromatic rings. The number of esters is 1. The second-order valence-corrected chi connectivity index (χ2v) is 5.19. The molecule has 0 spiro atoms. The van der Waals surface area contributed by atoms with E-state index in [1.807, 2.05) is 6.92 Å². The van der Waals surface area contributed by atoms with Crippen molar-refractivity contribution in [3.63, 3.8) is 0 Å². The van der Waals surface area contributed by atoms with Gasteiger partial charge in [0.1, 0.15) is 11.8 Å². The molecule has 5 heteroatoms. The summed E-state index contributed by atoms with van der Waals surface area (Å²) < 4.78 is 5.29. The number of fused-ring (bicyclic) bond motifs is 1. The zero-order chi connectivity index (χ0) is 14.7. The highest BCUT2D eigenvalue weighted by molar-refractivity contribution is 5.78. The van der Waals surface area contributed by atoms with Crippen molar-refractivity contribution in [2.75, 3.05) is 20.2 Å². The Morgan fingerprint density at radius 3 is 2.90 bits per heavy atom. The Labute approximate surface area is 118 Å². The highest BCUT2D eigenvalue weighted by atomic mass is 16.5. The molecule has 5 nitrogen and oxygen atoms in total. The van der Waals surface area contributed by atoms with E-state index in [2.05, 4.69) is 0 Å². The van der Waals surface area contributed by atoms with E-state index in [1.165, 1.54) is 12.1 Å². The number of rotatable bonds is 4. The molecule has 0 saturated carbocycles. The summed E-state index contributed by atoms with van der Waals surface area (Å²) in [5.41, 5.74) is 1.30. The van der Waals surface area contributed by atoms with Crippen LogP contribution in [0.4, 0.5) is 0 Å². The molecule has 2 atom stereocenters. The Balaban J connectivity index is 2.25. The summed E-state index contributed by atoms with van der Waals surface area (Å²) in [4.78, 5) is 14.0. The fraction of sp³-hybridized carbons (Fsp3) is 0.533. The predicted octanol–water partition coefficient (Wildman–Crippen LogP) is 1.76. The maximum absolute atomic E-state index is 12.2. The van der Waals surface area contributed by atoms with Crippen LogP contribution < -0.4 is 0 Å². The predicted molar refractivity (Wildman–Crippen MR) is 74.3 cm³/mol. The van der Waals surface area contributed by atoms with Gasteiger partial charge in [-0.05, 0) is 36.7 Å². The topological polar surface area (TPSA) is 70.0 Å².